The van der Waals surface area contributed by atoms with E-state index >= 15 is 0 Å². The molecule has 0 N–H and O–H groups in total. The van der Waals surface area contributed by atoms with Gasteiger partial charge in [0.2, 0.25) is 0 Å². The molecule has 178 valence electrons. The Labute approximate surface area is 203 Å². The predicted molar refractivity (Wildman–Crippen MR) is 142 cm³/mol. The van der Waals surface area contributed by atoms with Crippen molar-refractivity contribution in [1.29, 1.82) is 5.26 Å². The highest BCUT2D eigenvalue weighted by Crippen LogP contribution is 2.37. The fraction of sp³-hybridized carbons (Fsp3) is 0.594. The molecule has 0 radical (unpaired) electrons. The van der Waals surface area contributed by atoms with Gasteiger partial charge in [-0.05, 0) is 99.0 Å². The second-order valence-electron chi connectivity index (χ2n) is 10.5. The van der Waals surface area contributed by atoms with Crippen LogP contribution in [-0.2, 0) is 6.42 Å². The maximum Gasteiger partial charge on any atom is 0.0912 e. The van der Waals surface area contributed by atoms with Crippen LogP contribution in [0.5, 0.6) is 0 Å². The smallest absolute Gasteiger partial charge is 0.0912 e. The lowest BCUT2D eigenvalue weighted by Crippen LogP contribution is -2.14. The molecule has 3 rings (SSSR count). The topological polar surface area (TPSA) is 23.8 Å². The number of hydrogen-bond acceptors (Lipinski definition) is 1. The minimum absolute atomic E-state index is 0.695. The maximum atomic E-state index is 8.55. The molecule has 1 aromatic carbocycles. The molecular formula is C32H45N. The van der Waals surface area contributed by atoms with Crippen molar-refractivity contribution in [3.05, 3.63) is 71.8 Å². The summed E-state index contributed by atoms with van der Waals surface area (Å²) in [6.07, 6.45) is 31.5. The van der Waals surface area contributed by atoms with E-state index in [1.54, 1.807) is 11.6 Å². The Morgan fingerprint density at radius 1 is 0.727 bits per heavy atom. The molecule has 0 aromatic heterocycles. The number of rotatable bonds is 11. The van der Waals surface area contributed by atoms with Crippen molar-refractivity contribution in [2.24, 2.45) is 17.8 Å². The highest BCUT2D eigenvalue weighted by Gasteiger charge is 2.22. The van der Waals surface area contributed by atoms with Crippen LogP contribution in [0.4, 0.5) is 0 Å². The van der Waals surface area contributed by atoms with Crippen LogP contribution in [0.1, 0.15) is 107 Å². The normalized spacial score (nSPS) is 26.3. The van der Waals surface area contributed by atoms with E-state index in [2.05, 4.69) is 49.4 Å². The number of unbranched alkanes of at least 4 members (excludes halogenated alkanes) is 4. The molecule has 0 saturated heterocycles. The summed E-state index contributed by atoms with van der Waals surface area (Å²) >= 11 is 0. The summed E-state index contributed by atoms with van der Waals surface area (Å²) in [5.41, 5.74) is 3.10. The minimum atomic E-state index is 0.695. The number of benzene rings is 1. The second-order valence-corrected chi connectivity index (χ2v) is 10.5. The van der Waals surface area contributed by atoms with Crippen molar-refractivity contribution < 1.29 is 0 Å². The summed E-state index contributed by atoms with van der Waals surface area (Å²) in [5, 5.41) is 8.55. The molecule has 1 aromatic rings. The summed E-state index contributed by atoms with van der Waals surface area (Å²) in [5.74, 6) is 3.03. The van der Waals surface area contributed by atoms with Crippen LogP contribution < -0.4 is 0 Å². The fourth-order valence-corrected chi connectivity index (χ4v) is 5.70. The second kappa shape index (κ2) is 15.0. The molecular weight excluding hydrogens is 398 g/mol. The maximum absolute atomic E-state index is 8.55. The molecule has 0 heterocycles. The molecule has 2 fully saturated rings. The Morgan fingerprint density at radius 3 is 1.91 bits per heavy atom. The third kappa shape index (κ3) is 9.37. The predicted octanol–water partition coefficient (Wildman–Crippen LogP) is 9.47. The monoisotopic (exact) mass is 443 g/mol. The number of nitriles is 1. The number of allylic oxidation sites excluding steroid dienone is 6. The number of hydrogen-bond donors (Lipinski definition) is 0. The van der Waals surface area contributed by atoms with Crippen LogP contribution in [0.25, 0.3) is 0 Å². The first-order valence-corrected chi connectivity index (χ1v) is 13.8. The van der Waals surface area contributed by atoms with Crippen molar-refractivity contribution in [3.8, 4) is 6.07 Å². The van der Waals surface area contributed by atoms with Gasteiger partial charge in [-0.3, -0.25) is 0 Å². The molecule has 1 nitrogen and oxygen atoms in total. The van der Waals surface area contributed by atoms with E-state index in [0.717, 1.165) is 17.8 Å². The summed E-state index contributed by atoms with van der Waals surface area (Å²) in [7, 11) is 0. The zero-order valence-corrected chi connectivity index (χ0v) is 20.9. The van der Waals surface area contributed by atoms with Gasteiger partial charge in [0.15, 0.2) is 0 Å². The first-order chi connectivity index (χ1) is 16.3. The van der Waals surface area contributed by atoms with Gasteiger partial charge in [-0.2, -0.15) is 5.26 Å². The van der Waals surface area contributed by atoms with Crippen molar-refractivity contribution in [1.82, 2.24) is 0 Å². The van der Waals surface area contributed by atoms with Crippen LogP contribution in [0.3, 0.4) is 0 Å². The number of aryl methyl sites for hydroxylation is 1. The van der Waals surface area contributed by atoms with Gasteiger partial charge < -0.3 is 0 Å². The van der Waals surface area contributed by atoms with Crippen molar-refractivity contribution in [2.75, 3.05) is 0 Å². The molecule has 1 heteroatoms. The van der Waals surface area contributed by atoms with Gasteiger partial charge in [0, 0.05) is 6.08 Å². The SMILES string of the molecule is CCCCCCCc1ccc([C@H]2CC[C@H](C=C[C@H]3CC[C@H](C=CC=CC#N)CC3)CC2)cc1. The molecule has 2 saturated carbocycles. The van der Waals surface area contributed by atoms with Crippen LogP contribution in [0.2, 0.25) is 0 Å². The van der Waals surface area contributed by atoms with E-state index < -0.39 is 0 Å². The lowest BCUT2D eigenvalue weighted by molar-refractivity contribution is 0.348. The van der Waals surface area contributed by atoms with Gasteiger partial charge in [-0.1, -0.05) is 87.3 Å². The Bertz CT molecular complexity index is 775. The first kappa shape index (κ1) is 25.6. The quantitative estimate of drug-likeness (QED) is 0.144. The van der Waals surface area contributed by atoms with Crippen molar-refractivity contribution in [3.63, 3.8) is 0 Å². The lowest BCUT2D eigenvalue weighted by atomic mass is 9.77. The van der Waals surface area contributed by atoms with Gasteiger partial charge in [0.05, 0.1) is 6.07 Å². The fourth-order valence-electron chi connectivity index (χ4n) is 5.70. The van der Waals surface area contributed by atoms with Gasteiger partial charge >= 0.3 is 0 Å². The summed E-state index contributed by atoms with van der Waals surface area (Å²) in [4.78, 5) is 0. The van der Waals surface area contributed by atoms with Crippen molar-refractivity contribution >= 4 is 0 Å². The Morgan fingerprint density at radius 2 is 1.30 bits per heavy atom. The average molecular weight is 444 g/mol. The zero-order chi connectivity index (χ0) is 23.1. The molecule has 0 aliphatic heterocycles. The summed E-state index contributed by atoms with van der Waals surface area (Å²) < 4.78 is 0. The lowest BCUT2D eigenvalue weighted by Gasteiger charge is -2.28. The molecule has 0 spiro atoms. The third-order valence-electron chi connectivity index (χ3n) is 7.93. The molecule has 0 unspecified atom stereocenters. The van der Waals surface area contributed by atoms with Crippen LogP contribution in [-0.4, -0.2) is 0 Å². The third-order valence-corrected chi connectivity index (χ3v) is 7.93. The highest BCUT2D eigenvalue weighted by molar-refractivity contribution is 5.26. The van der Waals surface area contributed by atoms with Crippen molar-refractivity contribution in [2.45, 2.75) is 103 Å². The molecule has 0 bridgehead atoms. The summed E-state index contributed by atoms with van der Waals surface area (Å²) in [6.45, 7) is 2.29. The van der Waals surface area contributed by atoms with Gasteiger partial charge in [-0.15, -0.1) is 0 Å². The van der Waals surface area contributed by atoms with Gasteiger partial charge in [0.1, 0.15) is 0 Å². The van der Waals surface area contributed by atoms with Crippen LogP contribution in [0.15, 0.2) is 60.7 Å². The molecule has 2 aliphatic rings. The minimum Gasteiger partial charge on any atom is -0.193 e. The summed E-state index contributed by atoms with van der Waals surface area (Å²) in [6, 6.07) is 11.7. The zero-order valence-electron chi connectivity index (χ0n) is 20.9. The first-order valence-electron chi connectivity index (χ1n) is 13.8. The highest BCUT2D eigenvalue weighted by atomic mass is 14.3. The van der Waals surface area contributed by atoms with Crippen LogP contribution in [0, 0.1) is 29.1 Å². The molecule has 33 heavy (non-hydrogen) atoms. The van der Waals surface area contributed by atoms with E-state index in [1.807, 2.05) is 18.2 Å². The largest absolute Gasteiger partial charge is 0.193 e. The molecule has 2 aliphatic carbocycles. The van der Waals surface area contributed by atoms with E-state index in [4.69, 9.17) is 5.26 Å². The van der Waals surface area contributed by atoms with E-state index in [0.29, 0.717) is 5.92 Å². The average Bonchev–Trinajstić information content (AvgIpc) is 2.87. The molecule has 0 atom stereocenters. The Kier molecular flexibility index (Phi) is 11.6. The standard InChI is InChI=1S/C32H45N/c1-2-3-4-5-7-10-28-18-22-31(23-19-28)32-24-20-30(21-25-32)17-16-29-14-12-27(13-15-29)11-8-6-9-26-33/h6,8-9,11,16-19,22-23,27,29-30,32H,2-5,7,10,12-15,20-21,24-25H2,1H3/t27-,29-,30-,32-. The Hall–Kier alpha value is -2.07. The molecule has 0 amide bonds. The Balaban J connectivity index is 1.34. The van der Waals surface area contributed by atoms with E-state index in [-0.39, 0.29) is 0 Å². The van der Waals surface area contributed by atoms with Crippen LogP contribution >= 0.6 is 0 Å². The van der Waals surface area contributed by atoms with E-state index in [1.165, 1.54) is 95.5 Å². The van der Waals surface area contributed by atoms with E-state index in [9.17, 15) is 0 Å². The van der Waals surface area contributed by atoms with Gasteiger partial charge in [0.25, 0.3) is 0 Å². The van der Waals surface area contributed by atoms with Gasteiger partial charge in [-0.25, -0.2) is 0 Å². The number of nitrogens with zero attached hydrogens (tertiary/aromatic N) is 1.